The van der Waals surface area contributed by atoms with Gasteiger partial charge in [-0.15, -0.1) is 0 Å². The number of carbonyl (C=O) groups is 1. The molecule has 1 aromatic carbocycles. The van der Waals surface area contributed by atoms with Crippen LogP contribution in [0.4, 0.5) is 8.78 Å². The van der Waals surface area contributed by atoms with Crippen LogP contribution in [0.2, 0.25) is 0 Å². The Morgan fingerprint density at radius 3 is 2.78 bits per heavy atom. The lowest BCUT2D eigenvalue weighted by Crippen LogP contribution is -2.35. The fourth-order valence-corrected chi connectivity index (χ4v) is 1.53. The van der Waals surface area contributed by atoms with Gasteiger partial charge in [0, 0.05) is 18.2 Å². The fourth-order valence-electron chi connectivity index (χ4n) is 1.53. The van der Waals surface area contributed by atoms with Crippen LogP contribution in [0, 0.1) is 11.6 Å². The van der Waals surface area contributed by atoms with Gasteiger partial charge in [-0.25, -0.2) is 8.78 Å². The second-order valence-corrected chi connectivity index (χ2v) is 4.12. The van der Waals surface area contributed by atoms with Crippen LogP contribution >= 0.6 is 0 Å². The highest BCUT2D eigenvalue weighted by molar-refractivity contribution is 5.77. The molecule has 0 aliphatic heterocycles. The van der Waals surface area contributed by atoms with E-state index < -0.39 is 17.7 Å². The molecule has 1 amide bonds. The summed E-state index contributed by atoms with van der Waals surface area (Å²) < 4.78 is 26.4. The lowest BCUT2D eigenvalue weighted by molar-refractivity contribution is -0.120. The van der Waals surface area contributed by atoms with E-state index in [2.05, 4.69) is 10.6 Å². The Balaban J connectivity index is 2.52. The maximum atomic E-state index is 13.4. The first-order valence-corrected chi connectivity index (χ1v) is 5.99. The third-order valence-electron chi connectivity index (χ3n) is 2.57. The highest BCUT2D eigenvalue weighted by atomic mass is 19.1. The Bertz CT molecular complexity index is 410. The van der Waals surface area contributed by atoms with Crippen molar-refractivity contribution >= 4 is 5.91 Å². The molecule has 0 spiro atoms. The van der Waals surface area contributed by atoms with Crippen molar-refractivity contribution in [3.8, 4) is 0 Å². The molecule has 18 heavy (non-hydrogen) atoms. The molecule has 1 atom stereocenters. The minimum Gasteiger partial charge on any atom is -0.355 e. The summed E-state index contributed by atoms with van der Waals surface area (Å²) in [6.45, 7) is 4.34. The highest BCUT2D eigenvalue weighted by Crippen LogP contribution is 2.17. The zero-order valence-electron chi connectivity index (χ0n) is 10.6. The second-order valence-electron chi connectivity index (χ2n) is 4.12. The van der Waals surface area contributed by atoms with E-state index in [1.807, 2.05) is 6.92 Å². The molecule has 0 radical (unpaired) electrons. The van der Waals surface area contributed by atoms with Crippen LogP contribution in [0.25, 0.3) is 0 Å². The van der Waals surface area contributed by atoms with Crippen molar-refractivity contribution < 1.29 is 13.6 Å². The standard InChI is InChI=1S/C13H18F2N2O/c1-3-6-16-13(18)8-17-9(2)11-7-10(14)4-5-12(11)15/h4-5,7,9,17H,3,6,8H2,1-2H3,(H,16,18). The predicted molar refractivity (Wildman–Crippen MR) is 66.1 cm³/mol. The fraction of sp³-hybridized carbons (Fsp3) is 0.462. The number of benzene rings is 1. The quantitative estimate of drug-likeness (QED) is 0.818. The van der Waals surface area contributed by atoms with Gasteiger partial charge < -0.3 is 10.6 Å². The molecule has 2 N–H and O–H groups in total. The predicted octanol–water partition coefficient (Wildman–Crippen LogP) is 2.14. The van der Waals surface area contributed by atoms with E-state index >= 15 is 0 Å². The number of hydrogen-bond acceptors (Lipinski definition) is 2. The van der Waals surface area contributed by atoms with Crippen LogP contribution < -0.4 is 10.6 Å². The van der Waals surface area contributed by atoms with Gasteiger partial charge in [0.15, 0.2) is 0 Å². The average molecular weight is 256 g/mol. The number of rotatable bonds is 6. The second kappa shape index (κ2) is 7.06. The van der Waals surface area contributed by atoms with E-state index in [9.17, 15) is 13.6 Å². The van der Waals surface area contributed by atoms with Gasteiger partial charge in [0.2, 0.25) is 5.91 Å². The molecule has 1 aromatic rings. The van der Waals surface area contributed by atoms with Gasteiger partial charge in [-0.1, -0.05) is 6.92 Å². The molecule has 0 heterocycles. The van der Waals surface area contributed by atoms with Gasteiger partial charge in [-0.05, 0) is 31.5 Å². The highest BCUT2D eigenvalue weighted by Gasteiger charge is 2.12. The molecule has 100 valence electrons. The Morgan fingerprint density at radius 1 is 1.39 bits per heavy atom. The topological polar surface area (TPSA) is 41.1 Å². The van der Waals surface area contributed by atoms with Crippen molar-refractivity contribution in [2.75, 3.05) is 13.1 Å². The lowest BCUT2D eigenvalue weighted by atomic mass is 10.1. The lowest BCUT2D eigenvalue weighted by Gasteiger charge is -2.15. The van der Waals surface area contributed by atoms with Gasteiger partial charge in [0.25, 0.3) is 0 Å². The zero-order chi connectivity index (χ0) is 13.5. The van der Waals surface area contributed by atoms with Crippen molar-refractivity contribution in [2.45, 2.75) is 26.3 Å². The van der Waals surface area contributed by atoms with Crippen LogP contribution in [-0.2, 0) is 4.79 Å². The summed E-state index contributed by atoms with van der Waals surface area (Å²) >= 11 is 0. The Morgan fingerprint density at radius 2 is 2.11 bits per heavy atom. The first-order valence-electron chi connectivity index (χ1n) is 5.99. The summed E-state index contributed by atoms with van der Waals surface area (Å²) in [5, 5.41) is 5.55. The molecule has 0 saturated heterocycles. The first kappa shape index (κ1) is 14.6. The van der Waals surface area contributed by atoms with E-state index in [0.29, 0.717) is 6.54 Å². The maximum absolute atomic E-state index is 13.4. The van der Waals surface area contributed by atoms with Gasteiger partial charge in [-0.3, -0.25) is 4.79 Å². The van der Waals surface area contributed by atoms with E-state index in [-0.39, 0.29) is 18.0 Å². The SMILES string of the molecule is CCCNC(=O)CNC(C)c1cc(F)ccc1F. The summed E-state index contributed by atoms with van der Waals surface area (Å²) in [6, 6.07) is 2.87. The van der Waals surface area contributed by atoms with Crippen molar-refractivity contribution in [3.63, 3.8) is 0 Å². The summed E-state index contributed by atoms with van der Waals surface area (Å²) in [4.78, 5) is 11.3. The third kappa shape index (κ3) is 4.41. The Hall–Kier alpha value is -1.49. The molecular weight excluding hydrogens is 238 g/mol. The normalized spacial score (nSPS) is 12.2. The minimum absolute atomic E-state index is 0.0805. The average Bonchev–Trinajstić information content (AvgIpc) is 2.36. The largest absolute Gasteiger partial charge is 0.355 e. The number of amides is 1. The molecule has 0 saturated carbocycles. The molecule has 0 aliphatic rings. The number of nitrogens with one attached hydrogen (secondary N) is 2. The number of halogens is 2. The van der Waals surface area contributed by atoms with E-state index in [4.69, 9.17) is 0 Å². The zero-order valence-corrected chi connectivity index (χ0v) is 10.6. The number of carbonyl (C=O) groups excluding carboxylic acids is 1. The Labute approximate surface area is 106 Å². The molecule has 0 aliphatic carbocycles. The smallest absolute Gasteiger partial charge is 0.233 e. The molecule has 1 unspecified atom stereocenters. The number of hydrogen-bond donors (Lipinski definition) is 2. The molecular formula is C13H18F2N2O. The van der Waals surface area contributed by atoms with Crippen molar-refractivity contribution in [1.82, 2.24) is 10.6 Å². The van der Waals surface area contributed by atoms with Crippen LogP contribution in [0.3, 0.4) is 0 Å². The van der Waals surface area contributed by atoms with Gasteiger partial charge in [0.1, 0.15) is 11.6 Å². The van der Waals surface area contributed by atoms with Gasteiger partial charge in [-0.2, -0.15) is 0 Å². The van der Waals surface area contributed by atoms with Crippen LogP contribution in [0.1, 0.15) is 31.9 Å². The van der Waals surface area contributed by atoms with Crippen LogP contribution in [0.15, 0.2) is 18.2 Å². The molecule has 1 rings (SSSR count). The first-order chi connectivity index (χ1) is 8.54. The third-order valence-corrected chi connectivity index (χ3v) is 2.57. The summed E-state index contributed by atoms with van der Waals surface area (Å²) in [5.74, 6) is -1.12. The Kier molecular flexibility index (Phi) is 5.71. The molecule has 0 aromatic heterocycles. The molecule has 0 fully saturated rings. The van der Waals surface area contributed by atoms with Crippen molar-refractivity contribution in [2.24, 2.45) is 0 Å². The van der Waals surface area contributed by atoms with Gasteiger partial charge in [0.05, 0.1) is 6.54 Å². The van der Waals surface area contributed by atoms with E-state index in [0.717, 1.165) is 24.6 Å². The maximum Gasteiger partial charge on any atom is 0.233 e. The van der Waals surface area contributed by atoms with Crippen molar-refractivity contribution in [3.05, 3.63) is 35.4 Å². The van der Waals surface area contributed by atoms with Crippen LogP contribution in [-0.4, -0.2) is 19.0 Å². The summed E-state index contributed by atoms with van der Waals surface area (Å²) in [7, 11) is 0. The van der Waals surface area contributed by atoms with Crippen molar-refractivity contribution in [1.29, 1.82) is 0 Å². The monoisotopic (exact) mass is 256 g/mol. The van der Waals surface area contributed by atoms with E-state index in [1.54, 1.807) is 6.92 Å². The summed E-state index contributed by atoms with van der Waals surface area (Å²) in [5.41, 5.74) is 0.221. The van der Waals surface area contributed by atoms with E-state index in [1.165, 1.54) is 0 Å². The van der Waals surface area contributed by atoms with Crippen LogP contribution in [0.5, 0.6) is 0 Å². The van der Waals surface area contributed by atoms with Gasteiger partial charge >= 0.3 is 0 Å². The minimum atomic E-state index is -0.490. The molecule has 3 nitrogen and oxygen atoms in total. The molecule has 0 bridgehead atoms. The molecule has 5 heteroatoms. The summed E-state index contributed by atoms with van der Waals surface area (Å²) in [6.07, 6.45) is 0.861.